The Kier molecular flexibility index (Phi) is 6.16. The van der Waals surface area contributed by atoms with Gasteiger partial charge < -0.3 is 14.8 Å². The van der Waals surface area contributed by atoms with Gasteiger partial charge in [0.1, 0.15) is 5.82 Å². The second kappa shape index (κ2) is 8.75. The molecule has 0 aliphatic carbocycles. The van der Waals surface area contributed by atoms with Crippen molar-refractivity contribution in [3.63, 3.8) is 0 Å². The Labute approximate surface area is 158 Å². The van der Waals surface area contributed by atoms with Crippen LogP contribution in [-0.2, 0) is 24.3 Å². The van der Waals surface area contributed by atoms with Gasteiger partial charge in [-0.25, -0.2) is 9.48 Å². The van der Waals surface area contributed by atoms with E-state index < -0.39 is 0 Å². The van der Waals surface area contributed by atoms with E-state index in [9.17, 15) is 9.59 Å². The number of benzene rings is 1. The predicted molar refractivity (Wildman–Crippen MR) is 100 cm³/mol. The van der Waals surface area contributed by atoms with Gasteiger partial charge in [-0.3, -0.25) is 9.36 Å². The minimum Gasteiger partial charge on any atom is -0.493 e. The van der Waals surface area contributed by atoms with E-state index in [1.165, 1.54) is 4.68 Å². The molecule has 1 aliphatic heterocycles. The van der Waals surface area contributed by atoms with Gasteiger partial charge in [0.2, 0.25) is 0 Å². The first kappa shape index (κ1) is 19.0. The summed E-state index contributed by atoms with van der Waals surface area (Å²) >= 11 is 0. The number of rotatable bonds is 7. The lowest BCUT2D eigenvalue weighted by Crippen LogP contribution is -2.38. The fraction of sp³-hybridized carbons (Fsp3) is 0.526. The summed E-state index contributed by atoms with van der Waals surface area (Å²) in [6, 6.07) is 7.21. The molecule has 146 valence electrons. The molecule has 1 aromatic carbocycles. The van der Waals surface area contributed by atoms with Gasteiger partial charge in [0.05, 0.1) is 7.11 Å². The van der Waals surface area contributed by atoms with E-state index in [4.69, 9.17) is 9.47 Å². The Morgan fingerprint density at radius 1 is 1.30 bits per heavy atom. The van der Waals surface area contributed by atoms with Crippen LogP contribution in [0.1, 0.15) is 32.0 Å². The van der Waals surface area contributed by atoms with E-state index in [0.717, 1.165) is 18.7 Å². The van der Waals surface area contributed by atoms with Crippen molar-refractivity contribution in [1.82, 2.24) is 19.7 Å². The van der Waals surface area contributed by atoms with Crippen LogP contribution in [0.2, 0.25) is 0 Å². The molecule has 1 N–H and O–H groups in total. The van der Waals surface area contributed by atoms with Crippen molar-refractivity contribution in [2.75, 3.05) is 13.7 Å². The summed E-state index contributed by atoms with van der Waals surface area (Å²) in [5.74, 6) is 1.74. The van der Waals surface area contributed by atoms with E-state index in [-0.39, 0.29) is 24.2 Å². The zero-order valence-corrected chi connectivity index (χ0v) is 15.8. The molecule has 1 aliphatic rings. The smallest absolute Gasteiger partial charge is 0.345 e. The van der Waals surface area contributed by atoms with Gasteiger partial charge >= 0.3 is 5.69 Å². The highest BCUT2D eigenvalue weighted by atomic mass is 16.5. The molecule has 27 heavy (non-hydrogen) atoms. The third-order valence-electron chi connectivity index (χ3n) is 4.65. The third kappa shape index (κ3) is 4.50. The predicted octanol–water partition coefficient (Wildman–Crippen LogP) is 1.36. The standard InChI is InChI=1S/C19H26N4O4/c1-3-11-23-19(25)22-12-10-14(8-9-17(22)21-23)20-18(24)13-27-16-7-5-4-6-15(16)26-2/h4-7,14H,3,8-13H2,1-2H3,(H,20,24). The summed E-state index contributed by atoms with van der Waals surface area (Å²) in [6.07, 6.45) is 3.00. The molecule has 0 saturated heterocycles. The second-order valence-corrected chi connectivity index (χ2v) is 6.60. The van der Waals surface area contributed by atoms with Crippen molar-refractivity contribution in [3.8, 4) is 11.5 Å². The normalized spacial score (nSPS) is 16.3. The summed E-state index contributed by atoms with van der Waals surface area (Å²) in [5, 5.41) is 7.42. The number of aryl methyl sites for hydroxylation is 2. The van der Waals surface area contributed by atoms with Gasteiger partial charge in [0, 0.05) is 25.6 Å². The molecule has 1 amide bonds. The maximum Gasteiger partial charge on any atom is 0.345 e. The Balaban J connectivity index is 1.53. The highest BCUT2D eigenvalue weighted by Crippen LogP contribution is 2.25. The Morgan fingerprint density at radius 3 is 2.81 bits per heavy atom. The minimum atomic E-state index is -0.186. The largest absolute Gasteiger partial charge is 0.493 e. The number of para-hydroxylation sites is 2. The van der Waals surface area contributed by atoms with Crippen LogP contribution in [-0.4, -0.2) is 40.0 Å². The number of nitrogens with zero attached hydrogens (tertiary/aromatic N) is 3. The van der Waals surface area contributed by atoms with E-state index in [1.54, 1.807) is 23.8 Å². The van der Waals surface area contributed by atoms with Gasteiger partial charge in [-0.1, -0.05) is 19.1 Å². The summed E-state index contributed by atoms with van der Waals surface area (Å²) in [7, 11) is 1.56. The molecule has 2 heterocycles. The van der Waals surface area contributed by atoms with Crippen LogP contribution in [0.4, 0.5) is 0 Å². The first-order valence-electron chi connectivity index (χ1n) is 9.34. The van der Waals surface area contributed by atoms with E-state index in [2.05, 4.69) is 10.4 Å². The number of ether oxygens (including phenoxy) is 2. The molecule has 2 aromatic rings. The quantitative estimate of drug-likeness (QED) is 0.791. The topological polar surface area (TPSA) is 87.4 Å². The van der Waals surface area contributed by atoms with Crippen molar-refractivity contribution in [3.05, 3.63) is 40.6 Å². The lowest BCUT2D eigenvalue weighted by molar-refractivity contribution is -0.123. The van der Waals surface area contributed by atoms with Crippen LogP contribution in [0.5, 0.6) is 11.5 Å². The molecule has 1 aromatic heterocycles. The zero-order chi connectivity index (χ0) is 19.2. The fourth-order valence-electron chi connectivity index (χ4n) is 3.28. The molecule has 0 saturated carbocycles. The summed E-state index contributed by atoms with van der Waals surface area (Å²) < 4.78 is 14.0. The molecular weight excluding hydrogens is 348 g/mol. The number of aromatic nitrogens is 3. The van der Waals surface area contributed by atoms with Crippen molar-refractivity contribution >= 4 is 5.91 Å². The minimum absolute atomic E-state index is 0.000468. The molecule has 0 radical (unpaired) electrons. The molecule has 0 bridgehead atoms. The lowest BCUT2D eigenvalue weighted by Gasteiger charge is -2.16. The first-order valence-corrected chi connectivity index (χ1v) is 9.34. The zero-order valence-electron chi connectivity index (χ0n) is 15.8. The van der Waals surface area contributed by atoms with Gasteiger partial charge in [-0.15, -0.1) is 0 Å². The van der Waals surface area contributed by atoms with E-state index >= 15 is 0 Å². The van der Waals surface area contributed by atoms with Crippen LogP contribution in [0.15, 0.2) is 29.1 Å². The average molecular weight is 374 g/mol. The summed E-state index contributed by atoms with van der Waals surface area (Å²) in [5.41, 5.74) is -0.0571. The van der Waals surface area contributed by atoms with Gasteiger partial charge in [-0.05, 0) is 31.4 Å². The van der Waals surface area contributed by atoms with Crippen molar-refractivity contribution in [1.29, 1.82) is 0 Å². The fourth-order valence-corrected chi connectivity index (χ4v) is 3.28. The number of hydrogen-bond donors (Lipinski definition) is 1. The second-order valence-electron chi connectivity index (χ2n) is 6.60. The number of fused-ring (bicyclic) bond motifs is 1. The molecule has 1 unspecified atom stereocenters. The highest BCUT2D eigenvalue weighted by Gasteiger charge is 2.22. The Morgan fingerprint density at radius 2 is 2.07 bits per heavy atom. The number of amides is 1. The number of nitrogens with one attached hydrogen (secondary N) is 1. The van der Waals surface area contributed by atoms with Crippen LogP contribution in [0.25, 0.3) is 0 Å². The first-order chi connectivity index (χ1) is 13.1. The maximum atomic E-state index is 12.3. The third-order valence-corrected chi connectivity index (χ3v) is 4.65. The molecule has 8 heteroatoms. The summed E-state index contributed by atoms with van der Waals surface area (Å²) in [6.45, 7) is 3.15. The van der Waals surface area contributed by atoms with Crippen LogP contribution in [0, 0.1) is 0 Å². The lowest BCUT2D eigenvalue weighted by atomic mass is 10.1. The SMILES string of the molecule is CCCn1nc2n(c1=O)CCC(NC(=O)COc1ccccc1OC)CC2. The number of methoxy groups -OCH3 is 1. The van der Waals surface area contributed by atoms with Crippen molar-refractivity contribution in [2.24, 2.45) is 0 Å². The Hall–Kier alpha value is -2.77. The van der Waals surface area contributed by atoms with E-state index in [1.807, 2.05) is 19.1 Å². The number of hydrogen-bond acceptors (Lipinski definition) is 5. The summed E-state index contributed by atoms with van der Waals surface area (Å²) in [4.78, 5) is 24.6. The van der Waals surface area contributed by atoms with E-state index in [0.29, 0.717) is 37.4 Å². The monoisotopic (exact) mass is 374 g/mol. The molecule has 8 nitrogen and oxygen atoms in total. The van der Waals surface area contributed by atoms with Crippen LogP contribution < -0.4 is 20.5 Å². The molecule has 3 rings (SSSR count). The van der Waals surface area contributed by atoms with Gasteiger partial charge in [0.25, 0.3) is 5.91 Å². The van der Waals surface area contributed by atoms with Gasteiger partial charge in [0.15, 0.2) is 18.1 Å². The maximum absolute atomic E-state index is 12.3. The van der Waals surface area contributed by atoms with Crippen molar-refractivity contribution in [2.45, 2.75) is 51.7 Å². The van der Waals surface area contributed by atoms with Crippen LogP contribution >= 0.6 is 0 Å². The van der Waals surface area contributed by atoms with Gasteiger partial charge in [-0.2, -0.15) is 5.10 Å². The molecular formula is C19H26N4O4. The highest BCUT2D eigenvalue weighted by molar-refractivity contribution is 5.77. The number of carbonyl (C=O) groups is 1. The molecule has 0 spiro atoms. The average Bonchev–Trinajstić information content (AvgIpc) is 2.84. The van der Waals surface area contributed by atoms with Crippen LogP contribution in [0.3, 0.4) is 0 Å². The van der Waals surface area contributed by atoms with Crippen molar-refractivity contribution < 1.29 is 14.3 Å². The Bertz CT molecular complexity index is 842. The molecule has 1 atom stereocenters. The molecule has 0 fully saturated rings. The number of carbonyl (C=O) groups excluding carboxylic acids is 1.